The van der Waals surface area contributed by atoms with Gasteiger partial charge in [-0.25, -0.2) is 4.98 Å². The average Bonchev–Trinajstić information content (AvgIpc) is 3.16. The lowest BCUT2D eigenvalue weighted by molar-refractivity contribution is -0.142. The summed E-state index contributed by atoms with van der Waals surface area (Å²) in [4.78, 5) is 41.7. The van der Waals surface area contributed by atoms with E-state index in [-0.39, 0.29) is 30.9 Å². The lowest BCUT2D eigenvalue weighted by Gasteiger charge is -2.13. The number of ether oxygens (including phenoxy) is 1. The summed E-state index contributed by atoms with van der Waals surface area (Å²) < 4.78 is 6.52. The smallest absolute Gasteiger partial charge is 0.308 e. The maximum atomic E-state index is 12.5. The lowest BCUT2D eigenvalue weighted by atomic mass is 9.93. The van der Waals surface area contributed by atoms with Crippen LogP contribution in [0, 0.1) is 27.7 Å². The number of Topliss-reactive ketones (excluding diaryl/α,β-unsaturated/α-hetero) is 1. The summed E-state index contributed by atoms with van der Waals surface area (Å²) in [6, 6.07) is 3.56. The molecule has 28 heavy (non-hydrogen) atoms. The number of carbonyl (C=O) groups is 2. The molecular formula is C21H22N2O4S. The highest BCUT2D eigenvalue weighted by molar-refractivity contribution is 7.16. The molecule has 0 aliphatic heterocycles. The number of carbonyl (C=O) groups excluding carboxylic acids is 2. The third-order valence-electron chi connectivity index (χ3n) is 5.15. The van der Waals surface area contributed by atoms with Crippen molar-refractivity contribution in [3.05, 3.63) is 62.0 Å². The Morgan fingerprint density at radius 3 is 2.64 bits per heavy atom. The Morgan fingerprint density at radius 2 is 1.89 bits per heavy atom. The van der Waals surface area contributed by atoms with Crippen LogP contribution < -0.4 is 5.56 Å². The van der Waals surface area contributed by atoms with Crippen molar-refractivity contribution in [3.63, 3.8) is 0 Å². The maximum Gasteiger partial charge on any atom is 0.308 e. The van der Waals surface area contributed by atoms with E-state index in [4.69, 9.17) is 4.74 Å². The molecule has 6 nitrogen and oxygen atoms in total. The molecule has 7 heteroatoms. The van der Waals surface area contributed by atoms with Crippen LogP contribution >= 0.6 is 11.3 Å². The maximum absolute atomic E-state index is 12.5. The van der Waals surface area contributed by atoms with E-state index in [1.165, 1.54) is 22.2 Å². The van der Waals surface area contributed by atoms with Crippen LogP contribution in [-0.4, -0.2) is 27.9 Å². The van der Waals surface area contributed by atoms with Crippen LogP contribution in [0.1, 0.15) is 39.0 Å². The van der Waals surface area contributed by atoms with Gasteiger partial charge in [0.2, 0.25) is 5.78 Å². The van der Waals surface area contributed by atoms with Gasteiger partial charge in [0.25, 0.3) is 5.56 Å². The molecule has 0 spiro atoms. The minimum atomic E-state index is -0.524. The summed E-state index contributed by atoms with van der Waals surface area (Å²) in [6.45, 7) is 7.72. The first-order chi connectivity index (χ1) is 13.3. The van der Waals surface area contributed by atoms with Crippen molar-refractivity contribution in [2.45, 2.75) is 40.7 Å². The summed E-state index contributed by atoms with van der Waals surface area (Å²) >= 11 is 1.39. The zero-order valence-corrected chi connectivity index (χ0v) is 17.2. The van der Waals surface area contributed by atoms with E-state index in [0.717, 1.165) is 22.3 Å². The fourth-order valence-electron chi connectivity index (χ4n) is 3.06. The fourth-order valence-corrected chi connectivity index (χ4v) is 3.79. The van der Waals surface area contributed by atoms with Gasteiger partial charge in [0.1, 0.15) is 4.83 Å². The largest absolute Gasteiger partial charge is 0.457 e. The first-order valence-electron chi connectivity index (χ1n) is 8.98. The summed E-state index contributed by atoms with van der Waals surface area (Å²) in [7, 11) is 0. The van der Waals surface area contributed by atoms with Crippen LogP contribution in [0.15, 0.2) is 28.6 Å². The van der Waals surface area contributed by atoms with Gasteiger partial charge in [-0.05, 0) is 67.5 Å². The van der Waals surface area contributed by atoms with Crippen LogP contribution in [0.5, 0.6) is 0 Å². The molecule has 0 saturated heterocycles. The zero-order chi connectivity index (χ0) is 20.4. The zero-order valence-electron chi connectivity index (χ0n) is 16.4. The van der Waals surface area contributed by atoms with Crippen LogP contribution in [0.25, 0.3) is 10.2 Å². The Bertz CT molecular complexity index is 1130. The normalized spacial score (nSPS) is 11.0. The SMILES string of the molecule is Cc1cc(C(=O)COC(=O)CCn2cnc3sccc3c2=O)c(C)c(C)c1C. The molecule has 2 heterocycles. The molecule has 0 amide bonds. The van der Waals surface area contributed by atoms with Crippen LogP contribution in [-0.2, 0) is 16.1 Å². The van der Waals surface area contributed by atoms with E-state index in [9.17, 15) is 14.4 Å². The number of rotatable bonds is 6. The highest BCUT2D eigenvalue weighted by Gasteiger charge is 2.16. The summed E-state index contributed by atoms with van der Waals surface area (Å²) in [6.07, 6.45) is 1.43. The molecule has 0 unspecified atom stereocenters. The van der Waals surface area contributed by atoms with Gasteiger partial charge in [0.15, 0.2) is 6.61 Å². The van der Waals surface area contributed by atoms with Crippen LogP contribution in [0.4, 0.5) is 0 Å². The monoisotopic (exact) mass is 398 g/mol. The molecule has 0 fully saturated rings. The molecule has 0 aliphatic carbocycles. The van der Waals surface area contributed by atoms with Crippen molar-refractivity contribution >= 4 is 33.3 Å². The number of fused-ring (bicyclic) bond motifs is 1. The van der Waals surface area contributed by atoms with Crippen molar-refractivity contribution in [3.8, 4) is 0 Å². The Kier molecular flexibility index (Phi) is 5.74. The molecule has 0 bridgehead atoms. The Morgan fingerprint density at radius 1 is 1.14 bits per heavy atom. The highest BCUT2D eigenvalue weighted by Crippen LogP contribution is 2.21. The minimum Gasteiger partial charge on any atom is -0.457 e. The number of benzene rings is 1. The Hall–Kier alpha value is -2.80. The van der Waals surface area contributed by atoms with Crippen molar-refractivity contribution in [1.29, 1.82) is 0 Å². The topological polar surface area (TPSA) is 78.3 Å². The van der Waals surface area contributed by atoms with Gasteiger partial charge in [0.05, 0.1) is 18.1 Å². The summed E-state index contributed by atoms with van der Waals surface area (Å²) in [5.74, 6) is -0.751. The number of hydrogen-bond donors (Lipinski definition) is 0. The van der Waals surface area contributed by atoms with Crippen molar-refractivity contribution in [2.75, 3.05) is 6.61 Å². The highest BCUT2D eigenvalue weighted by atomic mass is 32.1. The molecule has 3 aromatic rings. The Labute approximate surface area is 166 Å². The van der Waals surface area contributed by atoms with Crippen LogP contribution in [0.3, 0.4) is 0 Å². The van der Waals surface area contributed by atoms with Crippen molar-refractivity contribution in [1.82, 2.24) is 9.55 Å². The third kappa shape index (κ3) is 3.89. The predicted molar refractivity (Wildman–Crippen MR) is 109 cm³/mol. The Balaban J connectivity index is 1.60. The second-order valence-electron chi connectivity index (χ2n) is 6.83. The molecule has 0 N–H and O–H groups in total. The predicted octanol–water partition coefficient (Wildman–Crippen LogP) is 3.51. The van der Waals surface area contributed by atoms with Gasteiger partial charge in [-0.2, -0.15) is 0 Å². The number of hydrogen-bond acceptors (Lipinski definition) is 6. The first-order valence-corrected chi connectivity index (χ1v) is 9.86. The molecule has 1 aromatic carbocycles. The van der Waals surface area contributed by atoms with E-state index < -0.39 is 5.97 Å². The number of thiophene rings is 1. The van der Waals surface area contributed by atoms with Crippen LogP contribution in [0.2, 0.25) is 0 Å². The molecule has 0 aliphatic rings. The third-order valence-corrected chi connectivity index (χ3v) is 5.97. The molecule has 0 radical (unpaired) electrons. The lowest BCUT2D eigenvalue weighted by Crippen LogP contribution is -2.23. The standard InChI is InChI=1S/C21H22N2O4S/c1-12-9-17(15(4)14(3)13(12)2)18(24)10-27-19(25)5-7-23-11-22-20-16(21(23)26)6-8-28-20/h6,8-9,11H,5,7,10H2,1-4H3. The van der Waals surface area contributed by atoms with E-state index in [1.54, 1.807) is 11.4 Å². The number of aromatic nitrogens is 2. The summed E-state index contributed by atoms with van der Waals surface area (Å²) in [5.41, 5.74) is 4.57. The molecule has 2 aromatic heterocycles. The van der Waals surface area contributed by atoms with E-state index in [2.05, 4.69) is 4.98 Å². The molecule has 146 valence electrons. The quantitative estimate of drug-likeness (QED) is 0.469. The number of nitrogens with zero attached hydrogens (tertiary/aromatic N) is 2. The number of aryl methyl sites for hydroxylation is 2. The second kappa shape index (κ2) is 8.06. The van der Waals surface area contributed by atoms with Crippen molar-refractivity contribution < 1.29 is 14.3 Å². The second-order valence-corrected chi connectivity index (χ2v) is 7.73. The van der Waals surface area contributed by atoms with E-state index in [0.29, 0.717) is 15.8 Å². The van der Waals surface area contributed by atoms with Gasteiger partial charge in [0, 0.05) is 12.1 Å². The minimum absolute atomic E-state index is 0.00452. The first kappa shape index (κ1) is 19.9. The van der Waals surface area contributed by atoms with E-state index in [1.807, 2.05) is 33.8 Å². The molecule has 0 atom stereocenters. The molecular weight excluding hydrogens is 376 g/mol. The molecule has 0 saturated carbocycles. The van der Waals surface area contributed by atoms with Gasteiger partial charge >= 0.3 is 5.97 Å². The van der Waals surface area contributed by atoms with Gasteiger partial charge in [-0.3, -0.25) is 19.0 Å². The number of esters is 1. The number of ketones is 1. The molecule has 3 rings (SSSR count). The van der Waals surface area contributed by atoms with Gasteiger partial charge < -0.3 is 4.74 Å². The fraction of sp³-hybridized carbons (Fsp3) is 0.333. The van der Waals surface area contributed by atoms with Crippen molar-refractivity contribution in [2.24, 2.45) is 0 Å². The van der Waals surface area contributed by atoms with E-state index >= 15 is 0 Å². The average molecular weight is 398 g/mol. The van der Waals surface area contributed by atoms with Gasteiger partial charge in [-0.1, -0.05) is 0 Å². The summed E-state index contributed by atoms with van der Waals surface area (Å²) in [5, 5.41) is 2.34. The van der Waals surface area contributed by atoms with Gasteiger partial charge in [-0.15, -0.1) is 11.3 Å².